The van der Waals surface area contributed by atoms with Crippen molar-refractivity contribution >= 4 is 0 Å². The lowest BCUT2D eigenvalue weighted by molar-refractivity contribution is 0.186. The summed E-state index contributed by atoms with van der Waals surface area (Å²) in [7, 11) is 0. The molecule has 0 amide bonds. The molecule has 0 atom stereocenters. The van der Waals surface area contributed by atoms with Gasteiger partial charge in [-0.3, -0.25) is 0 Å². The minimum absolute atomic E-state index is 0.264. The summed E-state index contributed by atoms with van der Waals surface area (Å²) in [5.41, 5.74) is 0. The summed E-state index contributed by atoms with van der Waals surface area (Å²) >= 11 is 0. The maximum Gasteiger partial charge on any atom is 0.190 e. The third-order valence-corrected chi connectivity index (χ3v) is 2.25. The van der Waals surface area contributed by atoms with Crippen LogP contribution in [0.1, 0.15) is 0 Å². The van der Waals surface area contributed by atoms with Crippen molar-refractivity contribution < 1.29 is 13.5 Å². The maximum absolute atomic E-state index is 13.0. The van der Waals surface area contributed by atoms with Crippen LogP contribution in [0.3, 0.4) is 0 Å². The third-order valence-electron chi connectivity index (χ3n) is 2.25. The first kappa shape index (κ1) is 9.40. The highest BCUT2D eigenvalue weighted by Crippen LogP contribution is 2.21. The summed E-state index contributed by atoms with van der Waals surface area (Å²) in [4.78, 5) is 0. The lowest BCUT2D eigenvalue weighted by atomic mass is 10.1. The van der Waals surface area contributed by atoms with Crippen molar-refractivity contribution in [3.63, 3.8) is 0 Å². The van der Waals surface area contributed by atoms with E-state index >= 15 is 0 Å². The van der Waals surface area contributed by atoms with Crippen LogP contribution in [-0.2, 0) is 0 Å². The van der Waals surface area contributed by atoms with Crippen molar-refractivity contribution in [1.82, 2.24) is 5.32 Å². The summed E-state index contributed by atoms with van der Waals surface area (Å²) in [5.74, 6) is -1.18. The molecule has 1 N–H and O–H groups in total. The molecule has 2 rings (SSSR count). The maximum atomic E-state index is 13.0. The number of hydrogen-bond donors (Lipinski definition) is 1. The van der Waals surface area contributed by atoms with E-state index in [2.05, 4.69) is 5.32 Å². The first-order valence-corrected chi connectivity index (χ1v) is 4.55. The van der Waals surface area contributed by atoms with Gasteiger partial charge in [0.2, 0.25) is 0 Å². The van der Waals surface area contributed by atoms with Gasteiger partial charge < -0.3 is 10.1 Å². The largest absolute Gasteiger partial charge is 0.487 e. The van der Waals surface area contributed by atoms with E-state index in [0.717, 1.165) is 13.1 Å². The molecular formula is C10H11F2NO. The van der Waals surface area contributed by atoms with Gasteiger partial charge in [0.15, 0.2) is 17.4 Å². The second-order valence-corrected chi connectivity index (χ2v) is 3.39. The third kappa shape index (κ3) is 1.85. The number of halogens is 2. The lowest BCUT2D eigenvalue weighted by Crippen LogP contribution is -2.45. The Kier molecular flexibility index (Phi) is 2.63. The number of benzene rings is 1. The van der Waals surface area contributed by atoms with Crippen LogP contribution in [0.2, 0.25) is 0 Å². The molecule has 1 aromatic carbocycles. The second kappa shape index (κ2) is 3.92. The van der Waals surface area contributed by atoms with Crippen LogP contribution in [-0.4, -0.2) is 19.7 Å². The molecule has 14 heavy (non-hydrogen) atoms. The molecule has 1 fully saturated rings. The predicted octanol–water partition coefficient (Wildman–Crippen LogP) is 1.56. The molecule has 1 aliphatic rings. The van der Waals surface area contributed by atoms with Gasteiger partial charge in [0.1, 0.15) is 0 Å². The Bertz CT molecular complexity index is 306. The standard InChI is InChI=1S/C10H11F2NO/c11-8-2-1-3-9(12)10(8)14-6-7-4-13-5-7/h1-3,7,13H,4-6H2. The van der Waals surface area contributed by atoms with Crippen LogP contribution in [0.5, 0.6) is 5.75 Å². The van der Waals surface area contributed by atoms with E-state index in [-0.39, 0.29) is 5.75 Å². The van der Waals surface area contributed by atoms with Crippen molar-refractivity contribution in [1.29, 1.82) is 0 Å². The van der Waals surface area contributed by atoms with Crippen molar-refractivity contribution in [3.8, 4) is 5.75 Å². The predicted molar refractivity (Wildman–Crippen MR) is 48.2 cm³/mol. The molecule has 2 nitrogen and oxygen atoms in total. The minimum atomic E-state index is -0.641. The average molecular weight is 199 g/mol. The van der Waals surface area contributed by atoms with E-state index < -0.39 is 11.6 Å². The van der Waals surface area contributed by atoms with Crippen LogP contribution in [0.25, 0.3) is 0 Å². The zero-order chi connectivity index (χ0) is 9.97. The lowest BCUT2D eigenvalue weighted by Gasteiger charge is -2.26. The fourth-order valence-electron chi connectivity index (χ4n) is 1.29. The molecule has 1 saturated heterocycles. The fourth-order valence-corrected chi connectivity index (χ4v) is 1.29. The molecule has 76 valence electrons. The molecule has 1 aromatic rings. The summed E-state index contributed by atoms with van der Waals surface area (Å²) in [6.45, 7) is 2.08. The van der Waals surface area contributed by atoms with Gasteiger partial charge >= 0.3 is 0 Å². The Labute approximate surface area is 80.9 Å². The first-order valence-electron chi connectivity index (χ1n) is 4.55. The van der Waals surface area contributed by atoms with E-state index in [1.54, 1.807) is 0 Å². The van der Waals surface area contributed by atoms with Crippen molar-refractivity contribution in [2.45, 2.75) is 0 Å². The van der Waals surface area contributed by atoms with Gasteiger partial charge in [-0.2, -0.15) is 0 Å². The van der Waals surface area contributed by atoms with Crippen LogP contribution < -0.4 is 10.1 Å². The monoisotopic (exact) mass is 199 g/mol. The molecule has 0 bridgehead atoms. The van der Waals surface area contributed by atoms with E-state index in [4.69, 9.17) is 4.74 Å². The Morgan fingerprint density at radius 1 is 1.29 bits per heavy atom. The van der Waals surface area contributed by atoms with Gasteiger partial charge in [-0.05, 0) is 12.1 Å². The quantitative estimate of drug-likeness (QED) is 0.797. The van der Waals surface area contributed by atoms with Crippen LogP contribution in [0.15, 0.2) is 18.2 Å². The first-order chi connectivity index (χ1) is 6.77. The molecule has 0 radical (unpaired) electrons. The number of rotatable bonds is 3. The van der Waals surface area contributed by atoms with Crippen molar-refractivity contribution in [2.75, 3.05) is 19.7 Å². The summed E-state index contributed by atoms with van der Waals surface area (Å²) in [6.07, 6.45) is 0. The molecule has 0 spiro atoms. The number of para-hydroxylation sites is 1. The van der Waals surface area contributed by atoms with Crippen LogP contribution in [0.4, 0.5) is 8.78 Å². The van der Waals surface area contributed by atoms with Gasteiger partial charge in [0.25, 0.3) is 0 Å². The number of hydrogen-bond acceptors (Lipinski definition) is 2. The highest BCUT2D eigenvalue weighted by Gasteiger charge is 2.19. The zero-order valence-corrected chi connectivity index (χ0v) is 7.59. The summed E-state index contributed by atoms with van der Waals surface area (Å²) < 4.78 is 31.2. The molecule has 0 aromatic heterocycles. The fraction of sp³-hybridized carbons (Fsp3) is 0.400. The van der Waals surface area contributed by atoms with E-state index in [0.29, 0.717) is 12.5 Å². The molecule has 4 heteroatoms. The molecule has 0 unspecified atom stereocenters. The highest BCUT2D eigenvalue weighted by atomic mass is 19.1. The van der Waals surface area contributed by atoms with Gasteiger partial charge in [-0.1, -0.05) is 6.07 Å². The molecule has 1 aliphatic heterocycles. The van der Waals surface area contributed by atoms with E-state index in [9.17, 15) is 8.78 Å². The smallest absolute Gasteiger partial charge is 0.190 e. The Morgan fingerprint density at radius 3 is 2.43 bits per heavy atom. The normalized spacial score (nSPS) is 16.4. The van der Waals surface area contributed by atoms with E-state index in [1.165, 1.54) is 18.2 Å². The van der Waals surface area contributed by atoms with Crippen molar-refractivity contribution in [2.24, 2.45) is 5.92 Å². The van der Waals surface area contributed by atoms with Gasteiger partial charge in [0.05, 0.1) is 6.61 Å². The van der Waals surface area contributed by atoms with E-state index in [1.807, 2.05) is 0 Å². The van der Waals surface area contributed by atoms with Crippen LogP contribution >= 0.6 is 0 Å². The molecule has 1 heterocycles. The SMILES string of the molecule is Fc1cccc(F)c1OCC1CNC1. The zero-order valence-electron chi connectivity index (χ0n) is 7.59. The van der Waals surface area contributed by atoms with Gasteiger partial charge in [0, 0.05) is 19.0 Å². The topological polar surface area (TPSA) is 21.3 Å². The van der Waals surface area contributed by atoms with Gasteiger partial charge in [-0.25, -0.2) is 8.78 Å². The highest BCUT2D eigenvalue weighted by molar-refractivity contribution is 5.26. The number of nitrogens with one attached hydrogen (secondary N) is 1. The Hall–Kier alpha value is -1.16. The van der Waals surface area contributed by atoms with Crippen molar-refractivity contribution in [3.05, 3.63) is 29.8 Å². The van der Waals surface area contributed by atoms with Crippen LogP contribution in [0, 0.1) is 17.6 Å². The average Bonchev–Trinajstić information content (AvgIpc) is 2.07. The minimum Gasteiger partial charge on any atom is -0.487 e. The Morgan fingerprint density at radius 2 is 1.93 bits per heavy atom. The second-order valence-electron chi connectivity index (χ2n) is 3.39. The van der Waals surface area contributed by atoms with Gasteiger partial charge in [-0.15, -0.1) is 0 Å². The summed E-state index contributed by atoms with van der Waals surface area (Å²) in [6, 6.07) is 3.71. The Balaban J connectivity index is 2.00. The molecule has 0 aliphatic carbocycles. The molecular weight excluding hydrogens is 188 g/mol. The molecule has 0 saturated carbocycles. The number of ether oxygens (including phenoxy) is 1. The summed E-state index contributed by atoms with van der Waals surface area (Å²) in [5, 5.41) is 3.06.